The minimum Gasteiger partial charge on any atom is -0.310 e. The molecule has 0 atom stereocenters. The Bertz CT molecular complexity index is 3760. The fourth-order valence-corrected chi connectivity index (χ4v) is 13.3. The zero-order valence-electron chi connectivity index (χ0n) is 37.8. The Hall–Kier alpha value is -8.05. The smallest absolute Gasteiger partial charge is 0.0764 e. The molecule has 0 N–H and O–H groups in total. The number of rotatable bonds is 5. The Balaban J connectivity index is 0.955. The van der Waals surface area contributed by atoms with Crippen LogP contribution in [0.5, 0.6) is 0 Å². The molecular weight excluding hydrogens is 843 g/mol. The second kappa shape index (κ2) is 14.7. The van der Waals surface area contributed by atoms with Crippen LogP contribution in [0.3, 0.4) is 0 Å². The van der Waals surface area contributed by atoms with E-state index in [0.717, 1.165) is 28.4 Å². The number of hydrogen-bond donors (Lipinski definition) is 0. The largest absolute Gasteiger partial charge is 0.310 e. The van der Waals surface area contributed by atoms with Gasteiger partial charge in [0.2, 0.25) is 0 Å². The summed E-state index contributed by atoms with van der Waals surface area (Å²) in [6.07, 6.45) is 0. The van der Waals surface area contributed by atoms with Crippen LogP contribution in [0.4, 0.5) is 34.1 Å². The van der Waals surface area contributed by atoms with Crippen LogP contribution in [0.15, 0.2) is 246 Å². The molecule has 3 aliphatic rings. The molecule has 0 fully saturated rings. The second-order valence-corrected chi connectivity index (χ2v) is 19.9. The average molecular weight is 888 g/mol. The molecule has 0 saturated carbocycles. The van der Waals surface area contributed by atoms with Crippen molar-refractivity contribution in [1.29, 1.82) is 0 Å². The lowest BCUT2D eigenvalue weighted by molar-refractivity contribution is 0.660. The van der Waals surface area contributed by atoms with Gasteiger partial charge in [-0.2, -0.15) is 0 Å². The Kier molecular flexibility index (Phi) is 8.48. The van der Waals surface area contributed by atoms with Gasteiger partial charge in [0.05, 0.1) is 27.8 Å². The summed E-state index contributed by atoms with van der Waals surface area (Å²) in [4.78, 5) is 7.41. The van der Waals surface area contributed by atoms with Gasteiger partial charge in [0.15, 0.2) is 0 Å². The van der Waals surface area contributed by atoms with Crippen molar-refractivity contribution in [3.63, 3.8) is 0 Å². The minimum absolute atomic E-state index is 0.101. The fourth-order valence-electron chi connectivity index (χ4n) is 12.1. The topological polar surface area (TPSA) is 11.4 Å². The van der Waals surface area contributed by atoms with Crippen molar-refractivity contribution in [3.8, 4) is 16.8 Å². The number of hydrogen-bond acceptors (Lipinski definition) is 3. The Morgan fingerprint density at radius 3 is 1.69 bits per heavy atom. The van der Waals surface area contributed by atoms with E-state index in [0.29, 0.717) is 0 Å². The Morgan fingerprint density at radius 1 is 0.368 bits per heavy atom. The van der Waals surface area contributed by atoms with Gasteiger partial charge in [-0.3, -0.25) is 0 Å². The van der Waals surface area contributed by atoms with Gasteiger partial charge < -0.3 is 14.4 Å². The molecule has 68 heavy (non-hydrogen) atoms. The van der Waals surface area contributed by atoms with E-state index in [1.165, 1.54) is 87.5 Å². The maximum Gasteiger partial charge on any atom is 0.0764 e. The second-order valence-electron chi connectivity index (χ2n) is 18.9. The number of aromatic nitrogens is 1. The molecule has 0 radical (unpaired) electrons. The third-order valence-corrected chi connectivity index (χ3v) is 16.1. The van der Waals surface area contributed by atoms with Crippen LogP contribution < -0.4 is 9.80 Å². The van der Waals surface area contributed by atoms with E-state index in [9.17, 15) is 0 Å². The van der Waals surface area contributed by atoms with Crippen LogP contribution >= 0.6 is 11.8 Å². The van der Waals surface area contributed by atoms with E-state index in [1.807, 2.05) is 11.8 Å². The summed E-state index contributed by atoms with van der Waals surface area (Å²) in [7, 11) is 0. The molecule has 0 saturated heterocycles. The molecule has 0 unspecified atom stereocenters. The monoisotopic (exact) mass is 887 g/mol. The van der Waals surface area contributed by atoms with Crippen molar-refractivity contribution in [2.75, 3.05) is 9.80 Å². The van der Waals surface area contributed by atoms with E-state index >= 15 is 0 Å². The average Bonchev–Trinajstić information content (AvgIpc) is 3.83. The SMILES string of the molecule is CC1(C)c2ccccc2-c2ccc(N(c3ccccc3)c3ccc(-n4c5ccccc5c5cc6c(cc54)Sc4ccccc4C64c5ccccc5N(c5ccccc5)c5ccccc54)cc3)cc21. The highest BCUT2D eigenvalue weighted by atomic mass is 32.2. The summed E-state index contributed by atoms with van der Waals surface area (Å²) in [6, 6.07) is 87.9. The van der Waals surface area contributed by atoms with Gasteiger partial charge in [0.25, 0.3) is 0 Å². The fraction of sp³-hybridized carbons (Fsp3) is 0.0625. The van der Waals surface area contributed by atoms with Gasteiger partial charge in [-0.1, -0.05) is 165 Å². The molecule has 14 rings (SSSR count). The molecule has 1 aliphatic carbocycles. The number of para-hydroxylation sites is 5. The van der Waals surface area contributed by atoms with Crippen LogP contribution in [0.25, 0.3) is 38.6 Å². The van der Waals surface area contributed by atoms with E-state index in [4.69, 9.17) is 0 Å². The highest BCUT2D eigenvalue weighted by molar-refractivity contribution is 7.99. The molecular formula is C64H45N3S. The maximum atomic E-state index is 2.54. The summed E-state index contributed by atoms with van der Waals surface area (Å²) in [5.74, 6) is 0. The van der Waals surface area contributed by atoms with Crippen LogP contribution in [0.2, 0.25) is 0 Å². The maximum absolute atomic E-state index is 2.54. The summed E-state index contributed by atoms with van der Waals surface area (Å²) in [5.41, 5.74) is 20.4. The van der Waals surface area contributed by atoms with Gasteiger partial charge in [-0.25, -0.2) is 0 Å². The molecule has 1 aromatic heterocycles. The predicted octanol–water partition coefficient (Wildman–Crippen LogP) is 17.2. The number of anilines is 6. The first kappa shape index (κ1) is 39.1. The molecule has 3 nitrogen and oxygen atoms in total. The molecule has 4 heteroatoms. The van der Waals surface area contributed by atoms with Crippen molar-refractivity contribution >= 4 is 67.7 Å². The summed E-state index contributed by atoms with van der Waals surface area (Å²) < 4.78 is 2.48. The molecule has 11 aromatic rings. The predicted molar refractivity (Wildman–Crippen MR) is 284 cm³/mol. The molecule has 2 aliphatic heterocycles. The first-order valence-electron chi connectivity index (χ1n) is 23.6. The molecule has 3 heterocycles. The van der Waals surface area contributed by atoms with E-state index in [-0.39, 0.29) is 5.41 Å². The van der Waals surface area contributed by atoms with Crippen molar-refractivity contribution in [3.05, 3.63) is 270 Å². The van der Waals surface area contributed by atoms with Gasteiger partial charge in [-0.05, 0) is 142 Å². The zero-order valence-corrected chi connectivity index (χ0v) is 38.6. The number of fused-ring (bicyclic) bond motifs is 14. The normalized spacial score (nSPS) is 14.5. The van der Waals surface area contributed by atoms with Crippen molar-refractivity contribution < 1.29 is 0 Å². The van der Waals surface area contributed by atoms with Gasteiger partial charge in [-0.15, -0.1) is 0 Å². The zero-order chi connectivity index (χ0) is 45.1. The molecule has 10 aromatic carbocycles. The Morgan fingerprint density at radius 2 is 0.941 bits per heavy atom. The van der Waals surface area contributed by atoms with Crippen molar-refractivity contribution in [2.45, 2.75) is 34.5 Å². The molecule has 322 valence electrons. The van der Waals surface area contributed by atoms with Gasteiger partial charge >= 0.3 is 0 Å². The standard InChI is InChI=1S/C64H45N3S/c1-63(2)51-25-11-9-23-47(51)48-38-37-46(39-55(48)63)65(42-19-5-3-6-20-42)44-33-35-45(36-34-44)66-57-29-15-10-24-49(57)50-40-56-62(41-60(50)66)68-61-32-18-14-28-54(61)64(56)52-26-12-16-30-58(52)67(43-21-7-4-8-22-43)59-31-17-13-27-53(59)64/h3-41H,1-2H3. The van der Waals surface area contributed by atoms with Gasteiger partial charge in [0, 0.05) is 54.4 Å². The molecule has 1 spiro atoms. The van der Waals surface area contributed by atoms with E-state index in [2.05, 4.69) is 265 Å². The lowest BCUT2D eigenvalue weighted by Crippen LogP contribution is -2.39. The third-order valence-electron chi connectivity index (χ3n) is 15.0. The highest BCUT2D eigenvalue weighted by Crippen LogP contribution is 2.63. The van der Waals surface area contributed by atoms with Crippen LogP contribution in [0, 0.1) is 0 Å². The van der Waals surface area contributed by atoms with Gasteiger partial charge in [0.1, 0.15) is 0 Å². The van der Waals surface area contributed by atoms with Crippen LogP contribution in [-0.4, -0.2) is 4.57 Å². The Labute approximate surface area is 401 Å². The molecule has 0 amide bonds. The van der Waals surface area contributed by atoms with E-state index in [1.54, 1.807) is 0 Å². The minimum atomic E-state index is -0.564. The quantitative estimate of drug-likeness (QED) is 0.171. The summed E-state index contributed by atoms with van der Waals surface area (Å²) >= 11 is 1.90. The highest BCUT2D eigenvalue weighted by Gasteiger charge is 2.50. The van der Waals surface area contributed by atoms with Crippen molar-refractivity contribution in [2.24, 2.45) is 0 Å². The first-order valence-corrected chi connectivity index (χ1v) is 24.4. The number of benzene rings is 10. The molecule has 0 bridgehead atoms. The van der Waals surface area contributed by atoms with Crippen molar-refractivity contribution in [1.82, 2.24) is 4.57 Å². The van der Waals surface area contributed by atoms with E-state index < -0.39 is 5.41 Å². The lowest BCUT2D eigenvalue weighted by Gasteiger charge is -2.49. The summed E-state index contributed by atoms with van der Waals surface area (Å²) in [5, 5.41) is 2.49. The van der Waals surface area contributed by atoms with Crippen LogP contribution in [-0.2, 0) is 10.8 Å². The summed E-state index contributed by atoms with van der Waals surface area (Å²) in [6.45, 7) is 4.71. The number of nitrogens with zero attached hydrogens (tertiary/aromatic N) is 3. The first-order chi connectivity index (χ1) is 33.5. The third kappa shape index (κ3) is 5.44. The van der Waals surface area contributed by atoms with Crippen LogP contribution in [0.1, 0.15) is 47.2 Å². The lowest BCUT2D eigenvalue weighted by atomic mass is 9.62.